The average Bonchev–Trinajstić information content (AvgIpc) is 2.74. The molecule has 8 heteroatoms. The second kappa shape index (κ2) is 9.78. The van der Waals surface area contributed by atoms with Crippen LogP contribution in [0.3, 0.4) is 0 Å². The molecular weight excluding hydrogens is 384 g/mol. The van der Waals surface area contributed by atoms with Crippen LogP contribution in [0, 0.1) is 5.92 Å². The quantitative estimate of drug-likeness (QED) is 0.702. The van der Waals surface area contributed by atoms with Gasteiger partial charge in [-0.15, -0.1) is 0 Å². The molecule has 1 saturated heterocycles. The summed E-state index contributed by atoms with van der Waals surface area (Å²) in [5, 5.41) is 8.43. The second-order valence-electron chi connectivity index (χ2n) is 7.17. The minimum atomic E-state index is -0.339. The molecule has 1 unspecified atom stereocenters. The molecular formula is C22H26N4O4. The molecule has 0 saturated carbocycles. The topological polar surface area (TPSA) is 99.8 Å². The number of urea groups is 1. The molecule has 1 heterocycles. The predicted molar refractivity (Wildman–Crippen MR) is 116 cm³/mol. The van der Waals surface area contributed by atoms with E-state index in [-0.39, 0.29) is 23.8 Å². The number of piperidine rings is 1. The van der Waals surface area contributed by atoms with Crippen LogP contribution in [0.25, 0.3) is 0 Å². The Kier molecular flexibility index (Phi) is 6.90. The van der Waals surface area contributed by atoms with Crippen LogP contribution in [-0.2, 0) is 9.59 Å². The maximum atomic E-state index is 12.9. The van der Waals surface area contributed by atoms with E-state index in [1.54, 1.807) is 23.1 Å². The van der Waals surface area contributed by atoms with Crippen molar-refractivity contribution in [1.82, 2.24) is 4.90 Å². The van der Waals surface area contributed by atoms with Crippen LogP contribution in [0.1, 0.15) is 19.8 Å². The molecule has 8 nitrogen and oxygen atoms in total. The third-order valence-corrected chi connectivity index (χ3v) is 4.88. The third-order valence-electron chi connectivity index (χ3n) is 4.88. The van der Waals surface area contributed by atoms with Crippen LogP contribution < -0.4 is 20.7 Å². The highest BCUT2D eigenvalue weighted by molar-refractivity contribution is 5.97. The van der Waals surface area contributed by atoms with E-state index in [1.165, 1.54) is 14.0 Å². The van der Waals surface area contributed by atoms with Gasteiger partial charge in [0.2, 0.25) is 11.8 Å². The number of nitrogens with zero attached hydrogens (tertiary/aromatic N) is 1. The van der Waals surface area contributed by atoms with Crippen LogP contribution >= 0.6 is 0 Å². The molecule has 2 aromatic rings. The van der Waals surface area contributed by atoms with Gasteiger partial charge in [-0.05, 0) is 43.2 Å². The number of hydrogen-bond donors (Lipinski definition) is 3. The highest BCUT2D eigenvalue weighted by Crippen LogP contribution is 2.29. The lowest BCUT2D eigenvalue weighted by molar-refractivity contribution is -0.121. The number of likely N-dealkylation sites (tertiary alicyclic amines) is 1. The summed E-state index contributed by atoms with van der Waals surface area (Å²) in [5.41, 5.74) is 1.75. The molecule has 0 aliphatic carbocycles. The molecule has 30 heavy (non-hydrogen) atoms. The number of carbonyl (C=O) groups is 3. The van der Waals surface area contributed by atoms with Gasteiger partial charge < -0.3 is 25.6 Å². The number of benzene rings is 2. The van der Waals surface area contributed by atoms with Gasteiger partial charge in [0.1, 0.15) is 5.75 Å². The van der Waals surface area contributed by atoms with Crippen LogP contribution in [0.5, 0.6) is 5.75 Å². The van der Waals surface area contributed by atoms with Crippen molar-refractivity contribution in [2.75, 3.05) is 36.1 Å². The molecule has 158 valence electrons. The van der Waals surface area contributed by atoms with Crippen LogP contribution in [0.4, 0.5) is 21.9 Å². The molecule has 1 atom stereocenters. The molecule has 3 rings (SSSR count). The summed E-state index contributed by atoms with van der Waals surface area (Å²) in [6.45, 7) is 2.35. The van der Waals surface area contributed by atoms with Crippen molar-refractivity contribution in [3.05, 3.63) is 48.5 Å². The fourth-order valence-electron chi connectivity index (χ4n) is 3.42. The molecule has 0 bridgehead atoms. The first kappa shape index (κ1) is 21.2. The summed E-state index contributed by atoms with van der Waals surface area (Å²) in [7, 11) is 1.51. The number of nitrogens with one attached hydrogen (secondary N) is 3. The van der Waals surface area contributed by atoms with Crippen molar-refractivity contribution in [3.8, 4) is 5.75 Å². The summed E-state index contributed by atoms with van der Waals surface area (Å²) >= 11 is 0. The maximum absolute atomic E-state index is 12.9. The largest absolute Gasteiger partial charge is 0.495 e. The van der Waals surface area contributed by atoms with E-state index in [4.69, 9.17) is 4.74 Å². The van der Waals surface area contributed by atoms with Crippen molar-refractivity contribution < 1.29 is 19.1 Å². The van der Waals surface area contributed by atoms with Gasteiger partial charge >= 0.3 is 6.03 Å². The summed E-state index contributed by atoms with van der Waals surface area (Å²) in [6.07, 6.45) is 1.43. The van der Waals surface area contributed by atoms with Gasteiger partial charge in [-0.2, -0.15) is 0 Å². The van der Waals surface area contributed by atoms with Gasteiger partial charge in [0.25, 0.3) is 0 Å². The zero-order valence-corrected chi connectivity index (χ0v) is 17.1. The van der Waals surface area contributed by atoms with Crippen LogP contribution in [0.15, 0.2) is 48.5 Å². The fraction of sp³-hybridized carbons (Fsp3) is 0.318. The number of methoxy groups -OCH3 is 1. The van der Waals surface area contributed by atoms with Crippen LogP contribution in [0.2, 0.25) is 0 Å². The Labute approximate surface area is 175 Å². The van der Waals surface area contributed by atoms with E-state index in [1.807, 2.05) is 30.3 Å². The highest BCUT2D eigenvalue weighted by atomic mass is 16.5. The number of anilines is 3. The molecule has 4 amide bonds. The lowest BCUT2D eigenvalue weighted by atomic mass is 9.97. The van der Waals surface area contributed by atoms with Gasteiger partial charge in [-0.25, -0.2) is 4.79 Å². The predicted octanol–water partition coefficient (Wildman–Crippen LogP) is 3.54. The van der Waals surface area contributed by atoms with Crippen molar-refractivity contribution in [3.63, 3.8) is 0 Å². The zero-order chi connectivity index (χ0) is 21.5. The number of amides is 4. The fourth-order valence-corrected chi connectivity index (χ4v) is 3.42. The first-order chi connectivity index (χ1) is 14.5. The minimum absolute atomic E-state index is 0.189. The second-order valence-corrected chi connectivity index (χ2v) is 7.17. The normalized spacial score (nSPS) is 15.8. The Morgan fingerprint density at radius 3 is 2.47 bits per heavy atom. The van der Waals surface area contributed by atoms with Crippen molar-refractivity contribution in [1.29, 1.82) is 0 Å². The number of para-hydroxylation sites is 1. The summed E-state index contributed by atoms with van der Waals surface area (Å²) in [4.78, 5) is 38.4. The van der Waals surface area contributed by atoms with Gasteiger partial charge in [-0.3, -0.25) is 9.59 Å². The molecule has 2 aromatic carbocycles. The first-order valence-electron chi connectivity index (χ1n) is 9.83. The number of ether oxygens (including phenoxy) is 1. The van der Waals surface area contributed by atoms with Gasteiger partial charge in [-0.1, -0.05) is 18.2 Å². The van der Waals surface area contributed by atoms with E-state index in [0.717, 1.165) is 6.42 Å². The molecule has 3 N–H and O–H groups in total. The molecule has 1 fully saturated rings. The van der Waals surface area contributed by atoms with Gasteiger partial charge in [0.05, 0.1) is 18.7 Å². The molecule has 0 aromatic heterocycles. The number of hydrogen-bond acceptors (Lipinski definition) is 4. The summed E-state index contributed by atoms with van der Waals surface area (Å²) in [5.74, 6) is -0.239. The molecule has 1 aliphatic heterocycles. The monoisotopic (exact) mass is 410 g/mol. The lowest BCUT2D eigenvalue weighted by Crippen LogP contribution is -2.45. The van der Waals surface area contributed by atoms with E-state index in [2.05, 4.69) is 16.0 Å². The SMILES string of the molecule is COc1ccc(NC(C)=O)cc1NC(=O)C1CCCN(C(=O)Nc2ccccc2)C1. The van der Waals surface area contributed by atoms with E-state index in [0.29, 0.717) is 42.3 Å². The van der Waals surface area contributed by atoms with Crippen molar-refractivity contribution in [2.45, 2.75) is 19.8 Å². The Morgan fingerprint density at radius 2 is 1.77 bits per heavy atom. The van der Waals surface area contributed by atoms with E-state index in [9.17, 15) is 14.4 Å². The first-order valence-corrected chi connectivity index (χ1v) is 9.83. The third kappa shape index (κ3) is 5.50. The Bertz CT molecular complexity index is 917. The Morgan fingerprint density at radius 1 is 1.00 bits per heavy atom. The molecule has 0 spiro atoms. The Hall–Kier alpha value is -3.55. The van der Waals surface area contributed by atoms with Crippen LogP contribution in [-0.4, -0.2) is 42.9 Å². The smallest absolute Gasteiger partial charge is 0.321 e. The van der Waals surface area contributed by atoms with Gasteiger partial charge in [0.15, 0.2) is 0 Å². The zero-order valence-electron chi connectivity index (χ0n) is 17.1. The number of carbonyl (C=O) groups excluding carboxylic acids is 3. The van der Waals surface area contributed by atoms with Crippen molar-refractivity contribution >= 4 is 34.9 Å². The standard InChI is InChI=1S/C22H26N4O4/c1-15(27)23-18-10-11-20(30-2)19(13-18)25-21(28)16-7-6-12-26(14-16)22(29)24-17-8-4-3-5-9-17/h3-5,8-11,13,16H,6-7,12,14H2,1-2H3,(H,23,27)(H,24,29)(H,25,28). The van der Waals surface area contributed by atoms with Gasteiger partial charge in [0, 0.05) is 31.4 Å². The summed E-state index contributed by atoms with van der Waals surface area (Å²) in [6, 6.07) is 14.0. The van der Waals surface area contributed by atoms with E-state index < -0.39 is 0 Å². The van der Waals surface area contributed by atoms with Crippen molar-refractivity contribution in [2.24, 2.45) is 5.92 Å². The summed E-state index contributed by atoms with van der Waals surface area (Å²) < 4.78 is 5.32. The molecule has 0 radical (unpaired) electrons. The molecule has 1 aliphatic rings. The lowest BCUT2D eigenvalue weighted by Gasteiger charge is -2.32. The highest BCUT2D eigenvalue weighted by Gasteiger charge is 2.29. The minimum Gasteiger partial charge on any atom is -0.495 e. The number of rotatable bonds is 5. The maximum Gasteiger partial charge on any atom is 0.321 e. The average molecular weight is 410 g/mol. The van der Waals surface area contributed by atoms with E-state index >= 15 is 0 Å². The Balaban J connectivity index is 1.65.